The minimum Gasteiger partial charge on any atom is -0.490 e. The van der Waals surface area contributed by atoms with Gasteiger partial charge in [-0.1, -0.05) is 18.2 Å². The standard InChI is InChI=1S/C18H26N4O2/c1-14-4-3-5-15(2)18(14)24-11-17(23)10-21-8-6-16(7-9-21)22-13-19-12-20-22/h3-5,12-13,16-17,23H,6-11H2,1-2H3. The van der Waals surface area contributed by atoms with E-state index in [2.05, 4.69) is 15.0 Å². The molecule has 0 bridgehead atoms. The molecule has 1 unspecified atom stereocenters. The van der Waals surface area contributed by atoms with E-state index in [4.69, 9.17) is 4.74 Å². The topological polar surface area (TPSA) is 63.4 Å². The predicted octanol–water partition coefficient (Wildman–Crippen LogP) is 1.97. The van der Waals surface area contributed by atoms with Crippen molar-refractivity contribution in [2.75, 3.05) is 26.2 Å². The Morgan fingerprint density at radius 1 is 1.25 bits per heavy atom. The number of benzene rings is 1. The Balaban J connectivity index is 1.44. The second-order valence-electron chi connectivity index (χ2n) is 6.59. The maximum absolute atomic E-state index is 10.3. The Morgan fingerprint density at radius 3 is 2.58 bits per heavy atom. The van der Waals surface area contributed by atoms with E-state index < -0.39 is 6.10 Å². The van der Waals surface area contributed by atoms with E-state index in [-0.39, 0.29) is 0 Å². The summed E-state index contributed by atoms with van der Waals surface area (Å²) in [6.07, 6.45) is 4.96. The smallest absolute Gasteiger partial charge is 0.137 e. The van der Waals surface area contributed by atoms with Crippen LogP contribution in [0.2, 0.25) is 0 Å². The minimum absolute atomic E-state index is 0.328. The largest absolute Gasteiger partial charge is 0.490 e. The van der Waals surface area contributed by atoms with Crippen molar-refractivity contribution in [2.45, 2.75) is 38.8 Å². The van der Waals surface area contributed by atoms with Crippen LogP contribution in [0.15, 0.2) is 30.9 Å². The molecular formula is C18H26N4O2. The lowest BCUT2D eigenvalue weighted by Crippen LogP contribution is -2.41. The molecule has 1 saturated heterocycles. The number of aliphatic hydroxyl groups is 1. The molecule has 130 valence electrons. The summed E-state index contributed by atoms with van der Waals surface area (Å²) in [5.74, 6) is 0.890. The highest BCUT2D eigenvalue weighted by Gasteiger charge is 2.22. The van der Waals surface area contributed by atoms with Crippen molar-refractivity contribution < 1.29 is 9.84 Å². The molecule has 6 heteroatoms. The van der Waals surface area contributed by atoms with E-state index in [1.54, 1.807) is 12.7 Å². The molecule has 24 heavy (non-hydrogen) atoms. The van der Waals surface area contributed by atoms with Gasteiger partial charge in [0.05, 0.1) is 6.04 Å². The first kappa shape index (κ1) is 16.9. The van der Waals surface area contributed by atoms with Crippen LogP contribution < -0.4 is 4.74 Å². The third-order valence-electron chi connectivity index (χ3n) is 4.67. The average Bonchev–Trinajstić information content (AvgIpc) is 3.09. The number of para-hydroxylation sites is 1. The zero-order valence-electron chi connectivity index (χ0n) is 14.4. The molecule has 2 heterocycles. The molecule has 0 spiro atoms. The molecule has 1 atom stereocenters. The number of hydrogen-bond donors (Lipinski definition) is 1. The van der Waals surface area contributed by atoms with E-state index >= 15 is 0 Å². The molecule has 0 amide bonds. The van der Waals surface area contributed by atoms with Gasteiger partial charge < -0.3 is 14.7 Å². The fraction of sp³-hybridized carbons (Fsp3) is 0.556. The first-order valence-corrected chi connectivity index (χ1v) is 8.57. The molecule has 0 radical (unpaired) electrons. The van der Waals surface area contributed by atoms with Gasteiger partial charge >= 0.3 is 0 Å². The van der Waals surface area contributed by atoms with Crippen molar-refractivity contribution in [3.63, 3.8) is 0 Å². The lowest BCUT2D eigenvalue weighted by molar-refractivity contribution is 0.0546. The van der Waals surface area contributed by atoms with E-state index in [9.17, 15) is 5.11 Å². The van der Waals surface area contributed by atoms with Gasteiger partial charge in [0.1, 0.15) is 31.1 Å². The Labute approximate surface area is 143 Å². The highest BCUT2D eigenvalue weighted by molar-refractivity contribution is 5.39. The van der Waals surface area contributed by atoms with Gasteiger partial charge in [-0.15, -0.1) is 0 Å². The summed E-state index contributed by atoms with van der Waals surface area (Å²) in [4.78, 5) is 6.31. The molecular weight excluding hydrogens is 304 g/mol. The quantitative estimate of drug-likeness (QED) is 0.877. The number of aryl methyl sites for hydroxylation is 2. The maximum Gasteiger partial charge on any atom is 0.137 e. The molecule has 1 aromatic heterocycles. The number of aliphatic hydroxyl groups excluding tert-OH is 1. The number of nitrogens with zero attached hydrogens (tertiary/aromatic N) is 4. The number of ether oxygens (including phenoxy) is 1. The van der Waals surface area contributed by atoms with Crippen molar-refractivity contribution in [3.05, 3.63) is 42.0 Å². The Morgan fingerprint density at radius 2 is 1.96 bits per heavy atom. The Hall–Kier alpha value is -1.92. The van der Waals surface area contributed by atoms with Crippen LogP contribution in [-0.4, -0.2) is 57.1 Å². The molecule has 3 rings (SSSR count). The normalized spacial score (nSPS) is 17.8. The van der Waals surface area contributed by atoms with Crippen LogP contribution in [0.1, 0.15) is 30.0 Å². The molecule has 1 fully saturated rings. The van der Waals surface area contributed by atoms with E-state index in [0.29, 0.717) is 19.2 Å². The molecule has 6 nitrogen and oxygen atoms in total. The monoisotopic (exact) mass is 330 g/mol. The third kappa shape index (κ3) is 4.13. The highest BCUT2D eigenvalue weighted by Crippen LogP contribution is 2.23. The van der Waals surface area contributed by atoms with Gasteiger partial charge in [0, 0.05) is 19.6 Å². The van der Waals surface area contributed by atoms with Crippen molar-refractivity contribution >= 4 is 0 Å². The lowest BCUT2D eigenvalue weighted by atomic mass is 10.1. The summed E-state index contributed by atoms with van der Waals surface area (Å²) in [7, 11) is 0. The second kappa shape index (κ2) is 7.77. The van der Waals surface area contributed by atoms with Crippen molar-refractivity contribution in [1.82, 2.24) is 19.7 Å². The van der Waals surface area contributed by atoms with Crippen LogP contribution in [0.25, 0.3) is 0 Å². The van der Waals surface area contributed by atoms with Crippen LogP contribution in [0.3, 0.4) is 0 Å². The van der Waals surface area contributed by atoms with Gasteiger partial charge in [-0.25, -0.2) is 9.67 Å². The van der Waals surface area contributed by atoms with Gasteiger partial charge in [-0.05, 0) is 37.8 Å². The van der Waals surface area contributed by atoms with Crippen LogP contribution in [0, 0.1) is 13.8 Å². The number of rotatable bonds is 6. The zero-order chi connectivity index (χ0) is 16.9. The molecule has 1 N–H and O–H groups in total. The number of β-amino-alcohol motifs (C(OH)–C–C–N with tert-alkyl or cyclic N) is 1. The van der Waals surface area contributed by atoms with E-state index in [1.807, 2.05) is 36.7 Å². The molecule has 1 aliphatic rings. The Kier molecular flexibility index (Phi) is 5.48. The number of hydrogen-bond acceptors (Lipinski definition) is 5. The summed E-state index contributed by atoms with van der Waals surface area (Å²) < 4.78 is 7.79. The number of aromatic nitrogens is 3. The van der Waals surface area contributed by atoms with Crippen LogP contribution in [-0.2, 0) is 0 Å². The Bertz CT molecular complexity index is 616. The molecule has 0 saturated carbocycles. The fourth-order valence-electron chi connectivity index (χ4n) is 3.33. The van der Waals surface area contributed by atoms with Gasteiger partial charge in [0.2, 0.25) is 0 Å². The van der Waals surface area contributed by atoms with Crippen molar-refractivity contribution in [2.24, 2.45) is 0 Å². The van der Waals surface area contributed by atoms with Crippen LogP contribution >= 0.6 is 0 Å². The van der Waals surface area contributed by atoms with Crippen LogP contribution in [0.4, 0.5) is 0 Å². The second-order valence-corrected chi connectivity index (χ2v) is 6.59. The average molecular weight is 330 g/mol. The molecule has 0 aliphatic carbocycles. The first-order chi connectivity index (χ1) is 11.6. The zero-order valence-corrected chi connectivity index (χ0v) is 14.4. The summed E-state index contributed by atoms with van der Waals surface area (Å²) in [5, 5.41) is 14.5. The fourth-order valence-corrected chi connectivity index (χ4v) is 3.33. The summed E-state index contributed by atoms with van der Waals surface area (Å²) >= 11 is 0. The van der Waals surface area contributed by atoms with Crippen LogP contribution in [0.5, 0.6) is 5.75 Å². The van der Waals surface area contributed by atoms with Gasteiger partial charge in [0.25, 0.3) is 0 Å². The molecule has 2 aromatic rings. The first-order valence-electron chi connectivity index (χ1n) is 8.57. The van der Waals surface area contributed by atoms with Crippen molar-refractivity contribution in [3.8, 4) is 5.75 Å². The van der Waals surface area contributed by atoms with Crippen molar-refractivity contribution in [1.29, 1.82) is 0 Å². The lowest BCUT2D eigenvalue weighted by Gasteiger charge is -2.33. The van der Waals surface area contributed by atoms with Gasteiger partial charge in [-0.2, -0.15) is 5.10 Å². The third-order valence-corrected chi connectivity index (χ3v) is 4.67. The SMILES string of the molecule is Cc1cccc(C)c1OCC(O)CN1CCC(n2cncn2)CC1. The number of piperidine rings is 1. The minimum atomic E-state index is -0.480. The number of likely N-dealkylation sites (tertiary alicyclic amines) is 1. The van der Waals surface area contributed by atoms with Gasteiger partial charge in [-0.3, -0.25) is 0 Å². The summed E-state index contributed by atoms with van der Waals surface area (Å²) in [6, 6.07) is 6.51. The highest BCUT2D eigenvalue weighted by atomic mass is 16.5. The maximum atomic E-state index is 10.3. The molecule has 1 aromatic carbocycles. The molecule has 1 aliphatic heterocycles. The van der Waals surface area contributed by atoms with Gasteiger partial charge in [0.15, 0.2) is 0 Å². The summed E-state index contributed by atoms with van der Waals surface area (Å²) in [5.41, 5.74) is 2.21. The summed E-state index contributed by atoms with van der Waals surface area (Å²) in [6.45, 7) is 6.97. The van der Waals surface area contributed by atoms with E-state index in [0.717, 1.165) is 42.8 Å². The predicted molar refractivity (Wildman–Crippen MR) is 92.2 cm³/mol. The van der Waals surface area contributed by atoms with E-state index in [1.165, 1.54) is 0 Å².